The van der Waals surface area contributed by atoms with Crippen molar-refractivity contribution >= 4 is 11.8 Å². The average Bonchev–Trinajstić information content (AvgIpc) is 3.28. The maximum absolute atomic E-state index is 13.0. The Bertz CT molecular complexity index is 775. The Morgan fingerprint density at radius 3 is 2.63 bits per heavy atom. The Morgan fingerprint density at radius 2 is 1.96 bits per heavy atom. The summed E-state index contributed by atoms with van der Waals surface area (Å²) in [4.78, 5) is 27.3. The van der Waals surface area contributed by atoms with E-state index in [1.165, 1.54) is 0 Å². The van der Waals surface area contributed by atoms with Crippen molar-refractivity contribution in [3.8, 4) is 5.75 Å². The molecule has 0 radical (unpaired) electrons. The minimum atomic E-state index is -0.571. The number of carbonyl (C=O) groups is 2. The molecule has 1 aromatic heterocycles. The number of methoxy groups -OCH3 is 1. The fraction of sp³-hybridized carbons (Fsp3) is 0.400. The summed E-state index contributed by atoms with van der Waals surface area (Å²) < 4.78 is 12.7. The zero-order chi connectivity index (χ0) is 19.2. The van der Waals surface area contributed by atoms with Crippen LogP contribution in [0, 0.1) is 0 Å². The lowest BCUT2D eigenvalue weighted by Gasteiger charge is -2.23. The molecule has 144 valence electrons. The largest absolute Gasteiger partial charge is 0.488 e. The maximum atomic E-state index is 13.0. The van der Waals surface area contributed by atoms with Crippen molar-refractivity contribution in [2.24, 2.45) is 7.05 Å². The van der Waals surface area contributed by atoms with E-state index in [1.54, 1.807) is 22.6 Å². The van der Waals surface area contributed by atoms with Crippen molar-refractivity contribution in [1.29, 1.82) is 0 Å². The lowest BCUT2D eigenvalue weighted by atomic mass is 10.1. The summed E-state index contributed by atoms with van der Waals surface area (Å²) in [6, 6.07) is 12.4. The van der Waals surface area contributed by atoms with Crippen LogP contribution in [0.2, 0.25) is 0 Å². The molecule has 2 heterocycles. The lowest BCUT2D eigenvalue weighted by Crippen LogP contribution is -2.47. The molecule has 1 fully saturated rings. The summed E-state index contributed by atoms with van der Waals surface area (Å²) in [5.74, 6) is 0.372. The Morgan fingerprint density at radius 1 is 1.19 bits per heavy atom. The van der Waals surface area contributed by atoms with Crippen molar-refractivity contribution in [3.63, 3.8) is 0 Å². The molecular weight excluding hydrogens is 346 g/mol. The van der Waals surface area contributed by atoms with E-state index in [0.717, 1.165) is 5.75 Å². The van der Waals surface area contributed by atoms with Crippen LogP contribution >= 0.6 is 0 Å². The van der Waals surface area contributed by atoms with Gasteiger partial charge in [-0.2, -0.15) is 0 Å². The van der Waals surface area contributed by atoms with Crippen molar-refractivity contribution in [2.75, 3.05) is 26.8 Å². The zero-order valence-electron chi connectivity index (χ0n) is 15.6. The molecule has 7 heteroatoms. The molecule has 2 aromatic rings. The van der Waals surface area contributed by atoms with E-state index in [9.17, 15) is 9.59 Å². The minimum Gasteiger partial charge on any atom is -0.488 e. The number of ether oxygens (including phenoxy) is 2. The number of rotatable bonds is 7. The number of benzene rings is 1. The second-order valence-electron chi connectivity index (χ2n) is 6.55. The van der Waals surface area contributed by atoms with Gasteiger partial charge in [0, 0.05) is 33.3 Å². The van der Waals surface area contributed by atoms with E-state index < -0.39 is 6.04 Å². The summed E-state index contributed by atoms with van der Waals surface area (Å²) >= 11 is 0. The molecule has 1 aliphatic heterocycles. The van der Waals surface area contributed by atoms with Gasteiger partial charge in [0.2, 0.25) is 5.91 Å². The molecule has 0 saturated carbocycles. The standard InChI is InChI=1S/C20H25N3O4/c1-22-11-6-9-17(22)20(25)23-14-16(27-15-7-4-3-5-8-15)13-18(23)19(24)21-10-12-26-2/h3-9,11,16,18H,10,12-14H2,1-2H3,(H,21,24)/t16-,18-/m0/s1. The predicted molar refractivity (Wildman–Crippen MR) is 101 cm³/mol. The van der Waals surface area contributed by atoms with Crippen molar-refractivity contribution in [3.05, 3.63) is 54.4 Å². The molecule has 7 nitrogen and oxygen atoms in total. The van der Waals surface area contributed by atoms with Crippen LogP contribution in [0.4, 0.5) is 0 Å². The van der Waals surface area contributed by atoms with E-state index in [1.807, 2.05) is 49.6 Å². The molecule has 1 saturated heterocycles. The number of para-hydroxylation sites is 1. The second kappa shape index (κ2) is 8.73. The van der Waals surface area contributed by atoms with E-state index >= 15 is 0 Å². The Kier molecular flexibility index (Phi) is 6.13. The average molecular weight is 371 g/mol. The van der Waals surface area contributed by atoms with Gasteiger partial charge in [-0.1, -0.05) is 18.2 Å². The number of carbonyl (C=O) groups excluding carboxylic acids is 2. The normalized spacial score (nSPS) is 19.1. The van der Waals surface area contributed by atoms with Gasteiger partial charge in [-0.25, -0.2) is 0 Å². The minimum absolute atomic E-state index is 0.173. The van der Waals surface area contributed by atoms with Crippen LogP contribution < -0.4 is 10.1 Å². The first-order chi connectivity index (χ1) is 13.1. The van der Waals surface area contributed by atoms with Crippen LogP contribution in [-0.4, -0.2) is 60.2 Å². The summed E-state index contributed by atoms with van der Waals surface area (Å²) in [6.07, 6.45) is 2.02. The molecule has 2 atom stereocenters. The molecule has 0 aliphatic carbocycles. The van der Waals surface area contributed by atoms with E-state index in [-0.39, 0.29) is 17.9 Å². The first-order valence-electron chi connectivity index (χ1n) is 9.01. The topological polar surface area (TPSA) is 72.8 Å². The van der Waals surface area contributed by atoms with Crippen LogP contribution in [0.15, 0.2) is 48.7 Å². The number of nitrogens with one attached hydrogen (secondary N) is 1. The zero-order valence-corrected chi connectivity index (χ0v) is 15.6. The number of aryl methyl sites for hydroxylation is 1. The number of hydrogen-bond donors (Lipinski definition) is 1. The second-order valence-corrected chi connectivity index (χ2v) is 6.55. The molecule has 27 heavy (non-hydrogen) atoms. The number of likely N-dealkylation sites (tertiary alicyclic amines) is 1. The lowest BCUT2D eigenvalue weighted by molar-refractivity contribution is -0.125. The molecule has 1 N–H and O–H groups in total. The number of aromatic nitrogens is 1. The van der Waals surface area contributed by atoms with Crippen molar-refractivity contribution in [2.45, 2.75) is 18.6 Å². The van der Waals surface area contributed by atoms with Gasteiger partial charge in [0.05, 0.1) is 13.2 Å². The summed E-state index contributed by atoms with van der Waals surface area (Å²) in [6.45, 7) is 1.19. The van der Waals surface area contributed by atoms with Crippen LogP contribution in [-0.2, 0) is 16.6 Å². The predicted octanol–water partition coefficient (Wildman–Crippen LogP) is 1.45. The van der Waals surface area contributed by atoms with Gasteiger partial charge in [-0.15, -0.1) is 0 Å². The van der Waals surface area contributed by atoms with E-state index in [4.69, 9.17) is 9.47 Å². The fourth-order valence-corrected chi connectivity index (χ4v) is 3.27. The van der Waals surface area contributed by atoms with Crippen molar-refractivity contribution in [1.82, 2.24) is 14.8 Å². The quantitative estimate of drug-likeness (QED) is 0.748. The Hall–Kier alpha value is -2.80. The fourth-order valence-electron chi connectivity index (χ4n) is 3.27. The van der Waals surface area contributed by atoms with Crippen LogP contribution in [0.3, 0.4) is 0 Å². The molecule has 0 spiro atoms. The van der Waals surface area contributed by atoms with Crippen LogP contribution in [0.25, 0.3) is 0 Å². The molecule has 1 aromatic carbocycles. The van der Waals surface area contributed by atoms with Gasteiger partial charge in [0.15, 0.2) is 0 Å². The highest BCUT2D eigenvalue weighted by molar-refractivity contribution is 5.97. The molecule has 1 aliphatic rings. The van der Waals surface area contributed by atoms with Gasteiger partial charge < -0.3 is 24.3 Å². The molecule has 2 amide bonds. The highest BCUT2D eigenvalue weighted by Crippen LogP contribution is 2.25. The molecular formula is C20H25N3O4. The van der Waals surface area contributed by atoms with Crippen LogP contribution in [0.5, 0.6) is 5.75 Å². The molecule has 0 bridgehead atoms. The third-order valence-corrected chi connectivity index (χ3v) is 4.64. The first kappa shape index (κ1) is 19.0. The molecule has 0 unspecified atom stereocenters. The van der Waals surface area contributed by atoms with Gasteiger partial charge >= 0.3 is 0 Å². The first-order valence-corrected chi connectivity index (χ1v) is 9.01. The van der Waals surface area contributed by atoms with Gasteiger partial charge in [0.25, 0.3) is 5.91 Å². The van der Waals surface area contributed by atoms with E-state index in [0.29, 0.717) is 31.8 Å². The van der Waals surface area contributed by atoms with Gasteiger partial charge in [-0.05, 0) is 24.3 Å². The summed E-state index contributed by atoms with van der Waals surface area (Å²) in [7, 11) is 3.39. The van der Waals surface area contributed by atoms with E-state index in [2.05, 4.69) is 5.32 Å². The monoisotopic (exact) mass is 371 g/mol. The summed E-state index contributed by atoms with van der Waals surface area (Å²) in [5.41, 5.74) is 0.546. The third-order valence-electron chi connectivity index (χ3n) is 4.64. The Balaban J connectivity index is 1.75. The SMILES string of the molecule is COCCNC(=O)[C@@H]1C[C@H](Oc2ccccc2)CN1C(=O)c1cccn1C. The number of hydrogen-bond acceptors (Lipinski definition) is 4. The number of nitrogens with zero attached hydrogens (tertiary/aromatic N) is 2. The molecule has 3 rings (SSSR count). The van der Waals surface area contributed by atoms with Crippen LogP contribution in [0.1, 0.15) is 16.9 Å². The highest BCUT2D eigenvalue weighted by atomic mass is 16.5. The van der Waals surface area contributed by atoms with Gasteiger partial charge in [0.1, 0.15) is 23.6 Å². The Labute approximate surface area is 158 Å². The number of amides is 2. The highest BCUT2D eigenvalue weighted by Gasteiger charge is 2.41. The maximum Gasteiger partial charge on any atom is 0.271 e. The smallest absolute Gasteiger partial charge is 0.271 e. The van der Waals surface area contributed by atoms with Crippen molar-refractivity contribution < 1.29 is 19.1 Å². The third kappa shape index (κ3) is 4.49. The summed E-state index contributed by atoms with van der Waals surface area (Å²) in [5, 5.41) is 2.83. The van der Waals surface area contributed by atoms with Gasteiger partial charge in [-0.3, -0.25) is 9.59 Å².